The molecule has 0 saturated heterocycles. The van der Waals surface area contributed by atoms with Crippen molar-refractivity contribution in [2.45, 2.75) is 18.7 Å². The summed E-state index contributed by atoms with van der Waals surface area (Å²) in [6.45, 7) is 3.76. The molecule has 39 heavy (non-hydrogen) atoms. The molecular formula is C26H20Cl2N3NaO6S. The van der Waals surface area contributed by atoms with Crippen LogP contribution in [0.5, 0.6) is 11.5 Å². The van der Waals surface area contributed by atoms with Crippen molar-refractivity contribution < 1.29 is 57.2 Å². The van der Waals surface area contributed by atoms with Crippen LogP contribution in [0.15, 0.2) is 75.8 Å². The first-order valence-electron chi connectivity index (χ1n) is 11.1. The predicted molar refractivity (Wildman–Crippen MR) is 144 cm³/mol. The standard InChI is InChI=1S/C26H21Cl2N3O6S.Na/c1-3-37-18-11-16(27)10-17(12-18)29-26(33)20-9-15-6-4-5-7-19(15)24(25(20)32)31-30-22-13-21(28)23(8-14(22)2)38(34,35)36;/h4-13,32H,3H2,1-2H3,(H,29,33)(H,34,35,36);/q;+1/p-1. The van der Waals surface area contributed by atoms with Gasteiger partial charge in [-0.05, 0) is 55.1 Å². The molecule has 0 radical (unpaired) electrons. The fourth-order valence-corrected chi connectivity index (χ4v) is 5.02. The summed E-state index contributed by atoms with van der Waals surface area (Å²) in [5.74, 6) is -0.895. The van der Waals surface area contributed by atoms with Crippen molar-refractivity contribution in [2.24, 2.45) is 10.2 Å². The average molecular weight is 596 g/mol. The third-order valence-electron chi connectivity index (χ3n) is 5.45. The fourth-order valence-electron chi connectivity index (χ4n) is 3.71. The van der Waals surface area contributed by atoms with E-state index in [1.165, 1.54) is 18.2 Å². The molecule has 4 aromatic rings. The molecule has 9 nitrogen and oxygen atoms in total. The van der Waals surface area contributed by atoms with Gasteiger partial charge in [0, 0.05) is 27.7 Å². The van der Waals surface area contributed by atoms with Crippen molar-refractivity contribution >= 4 is 67.1 Å². The van der Waals surface area contributed by atoms with E-state index < -0.39 is 26.7 Å². The van der Waals surface area contributed by atoms with Gasteiger partial charge in [0.1, 0.15) is 10.6 Å². The number of ether oxygens (including phenoxy) is 1. The Morgan fingerprint density at radius 3 is 2.49 bits per heavy atom. The molecule has 196 valence electrons. The largest absolute Gasteiger partial charge is 1.00 e. The van der Waals surface area contributed by atoms with Crippen LogP contribution < -0.4 is 44.7 Å². The van der Waals surface area contributed by atoms with Crippen LogP contribution in [-0.4, -0.2) is 25.5 Å². The molecule has 0 unspecified atom stereocenters. The van der Waals surface area contributed by atoms with Gasteiger partial charge in [-0.2, -0.15) is 18.6 Å². The number of rotatable bonds is 7. The SMILES string of the molecule is CCOc1cc(Cl)cc(NC(=O)c2cc3ccccc3c(N=Nc3cc(Cl)c(S(=O)(=O)O)cc3C)c2[O-])c1.[Na+]. The normalized spacial score (nSPS) is 11.4. The Morgan fingerprint density at radius 1 is 1.08 bits per heavy atom. The number of carbonyl (C=O) groups excluding carboxylic acids is 1. The van der Waals surface area contributed by atoms with Gasteiger partial charge in [0.05, 0.1) is 23.0 Å². The van der Waals surface area contributed by atoms with Crippen molar-refractivity contribution in [1.82, 2.24) is 0 Å². The topological polar surface area (TPSA) is 140 Å². The van der Waals surface area contributed by atoms with Gasteiger partial charge < -0.3 is 15.2 Å². The molecule has 0 saturated carbocycles. The number of azo groups is 1. The summed E-state index contributed by atoms with van der Waals surface area (Å²) in [6, 6.07) is 15.4. The van der Waals surface area contributed by atoms with Crippen molar-refractivity contribution in [3.63, 3.8) is 0 Å². The zero-order valence-electron chi connectivity index (χ0n) is 21.0. The number of amides is 1. The third-order valence-corrected chi connectivity index (χ3v) is 6.98. The number of hydrogen-bond acceptors (Lipinski definition) is 7. The van der Waals surface area contributed by atoms with Gasteiger partial charge in [0.15, 0.2) is 0 Å². The number of hydrogen-bond donors (Lipinski definition) is 2. The Morgan fingerprint density at radius 2 is 1.79 bits per heavy atom. The molecule has 2 N–H and O–H groups in total. The van der Waals surface area contributed by atoms with Crippen LogP contribution in [0.1, 0.15) is 22.8 Å². The second-order valence-electron chi connectivity index (χ2n) is 8.13. The first-order chi connectivity index (χ1) is 18.0. The third kappa shape index (κ3) is 7.09. The second-order valence-corrected chi connectivity index (χ2v) is 10.4. The van der Waals surface area contributed by atoms with Gasteiger partial charge in [-0.3, -0.25) is 9.35 Å². The number of carbonyl (C=O) groups is 1. The van der Waals surface area contributed by atoms with E-state index in [4.69, 9.17) is 27.9 Å². The Balaban J connectivity index is 0.00000420. The number of anilines is 1. The number of halogens is 2. The summed E-state index contributed by atoms with van der Waals surface area (Å²) in [6.07, 6.45) is 0. The van der Waals surface area contributed by atoms with E-state index in [9.17, 15) is 22.9 Å². The molecule has 0 heterocycles. The summed E-state index contributed by atoms with van der Waals surface area (Å²) >= 11 is 12.1. The summed E-state index contributed by atoms with van der Waals surface area (Å²) in [5, 5.41) is 25.4. The second kappa shape index (κ2) is 12.6. The first kappa shape index (κ1) is 30.8. The summed E-state index contributed by atoms with van der Waals surface area (Å²) in [5.41, 5.74) is 0.576. The molecule has 0 atom stereocenters. The van der Waals surface area contributed by atoms with Gasteiger partial charge in [-0.25, -0.2) is 0 Å². The van der Waals surface area contributed by atoms with Gasteiger partial charge in [-0.15, -0.1) is 0 Å². The molecule has 0 aliphatic heterocycles. The van der Waals surface area contributed by atoms with E-state index in [0.29, 0.717) is 39.4 Å². The van der Waals surface area contributed by atoms with E-state index in [1.54, 1.807) is 43.3 Å². The van der Waals surface area contributed by atoms with Crippen LogP contribution in [0.3, 0.4) is 0 Å². The van der Waals surface area contributed by atoms with Crippen LogP contribution in [0, 0.1) is 6.92 Å². The Hall–Kier alpha value is -2.70. The minimum atomic E-state index is -4.54. The molecule has 0 aliphatic carbocycles. The molecule has 4 aromatic carbocycles. The molecule has 0 aliphatic rings. The number of benzene rings is 4. The van der Waals surface area contributed by atoms with Crippen molar-refractivity contribution in [3.8, 4) is 11.5 Å². The summed E-state index contributed by atoms with van der Waals surface area (Å²) in [7, 11) is -4.54. The van der Waals surface area contributed by atoms with Gasteiger partial charge in [0.25, 0.3) is 16.0 Å². The van der Waals surface area contributed by atoms with Crippen LogP contribution in [0.2, 0.25) is 10.0 Å². The van der Waals surface area contributed by atoms with E-state index in [1.807, 2.05) is 6.92 Å². The zero-order chi connectivity index (χ0) is 27.6. The number of nitrogens with one attached hydrogen (secondary N) is 1. The van der Waals surface area contributed by atoms with Gasteiger partial charge in [-0.1, -0.05) is 53.2 Å². The number of fused-ring (bicyclic) bond motifs is 1. The number of nitrogens with zero attached hydrogens (tertiary/aromatic N) is 2. The van der Waals surface area contributed by atoms with E-state index in [0.717, 1.165) is 6.07 Å². The first-order valence-corrected chi connectivity index (χ1v) is 13.3. The Kier molecular flexibility index (Phi) is 10.0. The minimum Gasteiger partial charge on any atom is -0.870 e. The molecule has 1 amide bonds. The van der Waals surface area contributed by atoms with Crippen molar-refractivity contribution in [3.05, 3.63) is 81.8 Å². The van der Waals surface area contributed by atoms with Gasteiger partial charge in [0.2, 0.25) is 0 Å². The van der Waals surface area contributed by atoms with Crippen molar-refractivity contribution in [2.75, 3.05) is 11.9 Å². The van der Waals surface area contributed by atoms with Crippen molar-refractivity contribution in [1.29, 1.82) is 0 Å². The van der Waals surface area contributed by atoms with E-state index in [2.05, 4.69) is 15.5 Å². The average Bonchev–Trinajstić information content (AvgIpc) is 2.84. The molecule has 13 heteroatoms. The van der Waals surface area contributed by atoms with Crippen LogP contribution in [-0.2, 0) is 10.1 Å². The summed E-state index contributed by atoms with van der Waals surface area (Å²) < 4.78 is 37.8. The molecule has 0 spiro atoms. The maximum Gasteiger partial charge on any atom is 1.00 e. The van der Waals surface area contributed by atoms with E-state index in [-0.39, 0.29) is 51.5 Å². The molecule has 4 rings (SSSR count). The minimum absolute atomic E-state index is 0. The van der Waals surface area contributed by atoms with Gasteiger partial charge >= 0.3 is 29.6 Å². The smallest absolute Gasteiger partial charge is 0.870 e. The predicted octanol–water partition coefficient (Wildman–Crippen LogP) is 3.85. The van der Waals surface area contributed by atoms with Crippen LogP contribution in [0.25, 0.3) is 10.8 Å². The zero-order valence-corrected chi connectivity index (χ0v) is 25.4. The summed E-state index contributed by atoms with van der Waals surface area (Å²) in [4.78, 5) is 12.7. The maximum absolute atomic E-state index is 13.4. The van der Waals surface area contributed by atoms with Crippen LogP contribution in [0.4, 0.5) is 17.1 Å². The van der Waals surface area contributed by atoms with Crippen LogP contribution >= 0.6 is 23.2 Å². The fraction of sp³-hybridized carbons (Fsp3) is 0.115. The number of aryl methyl sites for hydroxylation is 1. The Labute approximate surface area is 256 Å². The quantitative estimate of drug-likeness (QED) is 0.189. The molecule has 0 aromatic heterocycles. The van der Waals surface area contributed by atoms with E-state index >= 15 is 0 Å². The Bertz CT molecular complexity index is 1710. The molecular weight excluding hydrogens is 576 g/mol. The maximum atomic E-state index is 13.4. The molecule has 0 bridgehead atoms. The monoisotopic (exact) mass is 595 g/mol. The molecule has 0 fully saturated rings.